The SMILES string of the molecule is CC(C)C(NC(=O)C(Cc1ccccc1)NC(=O)C(Cc1ccccc1)NC(=O)C(CC(=O)O)NC(=O)C(CC(=O)O)NC(=O)C(CC(=O)O)NC(=O)CNC(=O)CNC(=O)CNC(=O)C(CC(=O)O)NC(=O)C(CC(=O)O)N[SH](S)S)C(N)=O. The van der Waals surface area contributed by atoms with Crippen molar-refractivity contribution in [3.8, 4) is 0 Å². The summed E-state index contributed by atoms with van der Waals surface area (Å²) in [6.45, 7) is 0.399. The minimum absolute atomic E-state index is 0.144. The van der Waals surface area contributed by atoms with Crippen LogP contribution in [-0.2, 0) is 89.6 Å². The molecule has 33 nitrogen and oxygen atoms in total. The summed E-state index contributed by atoms with van der Waals surface area (Å²) in [6, 6.07) is 2.22. The van der Waals surface area contributed by atoms with Gasteiger partial charge in [-0.25, -0.2) is 0 Å². The third kappa shape index (κ3) is 28.7. The number of nitrogens with two attached hydrogens (primary N) is 1. The van der Waals surface area contributed by atoms with E-state index < -0.39 is 210 Å². The molecule has 0 bridgehead atoms. The summed E-state index contributed by atoms with van der Waals surface area (Å²) < 4.78 is 2.45. The van der Waals surface area contributed by atoms with Crippen molar-refractivity contribution in [1.82, 2.24) is 57.9 Å². The van der Waals surface area contributed by atoms with Crippen molar-refractivity contribution in [2.24, 2.45) is 11.7 Å². The van der Waals surface area contributed by atoms with Gasteiger partial charge in [-0.2, -0.15) is 0 Å². The van der Waals surface area contributed by atoms with Crippen LogP contribution < -0.4 is 63.6 Å². The van der Waals surface area contributed by atoms with Crippen LogP contribution in [0.3, 0.4) is 0 Å². The second-order valence-electron chi connectivity index (χ2n) is 18.7. The van der Waals surface area contributed by atoms with Gasteiger partial charge in [0.05, 0.1) is 51.7 Å². The number of rotatable bonds is 38. The Kier molecular flexibility index (Phi) is 31.0. The highest BCUT2D eigenvalue weighted by atomic mass is 33.5. The molecule has 8 unspecified atom stereocenters. The van der Waals surface area contributed by atoms with Crippen molar-refractivity contribution in [1.29, 1.82) is 0 Å². The predicted octanol–water partition coefficient (Wildman–Crippen LogP) is -5.71. The first-order chi connectivity index (χ1) is 39.8. The van der Waals surface area contributed by atoms with Crippen LogP contribution in [0.1, 0.15) is 57.1 Å². The van der Waals surface area contributed by atoms with Crippen LogP contribution in [0.25, 0.3) is 0 Å². The molecule has 0 aliphatic heterocycles. The number of carbonyl (C=O) groups is 16. The standard InChI is InChI=1S/C49H66N12O21S3/c1-23(2)41(42(50)75)60-48(81)27(14-25-11-7-4-8-12-25)56-44(77)26(13-24-9-5-3-6-10-24)55-46(79)30(17-38(69)70)59-47(80)31(18-39(71)72)58-45(78)29(16-37(67)68)54-35(64)22-52-33(62)20-51-34(63)21-53-43(76)28(15-36(65)66)57-49(82)32(19-40(73)74)61-85(83)84/h3-12,23,26-32,41,61,83-85H,13-22H2,1-2H3,(H2,50,75)(H,51,63)(H,52,62)(H,53,76)(H,54,64)(H,55,79)(H,56,77)(H,57,82)(H,58,78)(H,59,80)(H,60,81)(H,65,66)(H,67,68)(H,69,70)(H,71,72)(H,73,74). The molecule has 466 valence electrons. The van der Waals surface area contributed by atoms with Crippen LogP contribution in [0.5, 0.6) is 0 Å². The number of carboxylic acids is 5. The first-order valence-corrected chi connectivity index (χ1v) is 28.8. The van der Waals surface area contributed by atoms with Crippen LogP contribution in [0, 0.1) is 5.92 Å². The van der Waals surface area contributed by atoms with Crippen LogP contribution >= 0.6 is 32.5 Å². The van der Waals surface area contributed by atoms with Gasteiger partial charge in [0, 0.05) is 12.8 Å². The maximum Gasteiger partial charge on any atom is 0.305 e. The van der Waals surface area contributed by atoms with Crippen molar-refractivity contribution in [3.63, 3.8) is 0 Å². The molecule has 11 amide bonds. The Balaban J connectivity index is 2.22. The third-order valence-electron chi connectivity index (χ3n) is 11.4. The van der Waals surface area contributed by atoms with Gasteiger partial charge >= 0.3 is 29.8 Å². The molecule has 0 fully saturated rings. The van der Waals surface area contributed by atoms with E-state index in [0.717, 1.165) is 0 Å². The summed E-state index contributed by atoms with van der Waals surface area (Å²) >= 11 is 7.90. The Morgan fingerprint density at radius 2 is 0.694 bits per heavy atom. The lowest BCUT2D eigenvalue weighted by atomic mass is 10.00. The highest BCUT2D eigenvalue weighted by Crippen LogP contribution is 2.30. The van der Waals surface area contributed by atoms with E-state index in [2.05, 4.69) is 49.3 Å². The zero-order valence-electron chi connectivity index (χ0n) is 45.2. The van der Waals surface area contributed by atoms with Crippen molar-refractivity contribution in [2.75, 3.05) is 19.6 Å². The van der Waals surface area contributed by atoms with Crippen molar-refractivity contribution < 1.29 is 102 Å². The van der Waals surface area contributed by atoms with Crippen LogP contribution in [0.4, 0.5) is 0 Å². The van der Waals surface area contributed by atoms with Crippen LogP contribution in [0.15, 0.2) is 60.7 Å². The molecule has 2 aromatic carbocycles. The molecule has 0 saturated carbocycles. The maximum absolute atomic E-state index is 14.2. The average molecular weight is 1260 g/mol. The molecule has 0 aliphatic rings. The number of primary amides is 1. The Hall–Kier alpha value is -9.03. The summed E-state index contributed by atoms with van der Waals surface area (Å²) in [4.78, 5) is 203. The highest BCUT2D eigenvalue weighted by molar-refractivity contribution is 9.08. The van der Waals surface area contributed by atoms with E-state index in [0.29, 0.717) is 11.1 Å². The van der Waals surface area contributed by atoms with E-state index in [-0.39, 0.29) is 12.8 Å². The van der Waals surface area contributed by atoms with E-state index in [4.69, 9.17) is 10.8 Å². The molecule has 2 aromatic rings. The molecule has 0 spiro atoms. The Bertz CT molecular complexity index is 2780. The van der Waals surface area contributed by atoms with Crippen LogP contribution in [0.2, 0.25) is 0 Å². The molecule has 36 heteroatoms. The van der Waals surface area contributed by atoms with Crippen molar-refractivity contribution >= 4 is 127 Å². The Morgan fingerprint density at radius 3 is 1.05 bits per heavy atom. The smallest absolute Gasteiger partial charge is 0.305 e. The fourth-order valence-electron chi connectivity index (χ4n) is 7.37. The normalized spacial score (nSPS) is 13.7. The minimum Gasteiger partial charge on any atom is -0.481 e. The number of nitrogens with one attached hydrogen (secondary N) is 11. The summed E-state index contributed by atoms with van der Waals surface area (Å²) in [5.74, 6) is -21.6. The summed E-state index contributed by atoms with van der Waals surface area (Å²) in [5.41, 5.74) is 6.50. The van der Waals surface area contributed by atoms with Gasteiger partial charge in [0.1, 0.15) is 48.3 Å². The van der Waals surface area contributed by atoms with Gasteiger partial charge in [0.2, 0.25) is 65.0 Å². The molecular formula is C49H66N12O21S3. The van der Waals surface area contributed by atoms with Gasteiger partial charge < -0.3 is 84.4 Å². The molecule has 18 N–H and O–H groups in total. The summed E-state index contributed by atoms with van der Waals surface area (Å²) in [5, 5.41) is 68.8. The Labute approximate surface area is 495 Å². The zero-order chi connectivity index (χ0) is 64.1. The van der Waals surface area contributed by atoms with E-state index in [1.54, 1.807) is 74.5 Å². The lowest BCUT2D eigenvalue weighted by Gasteiger charge is -2.27. The number of carboxylic acid groups (broad SMARTS) is 5. The lowest BCUT2D eigenvalue weighted by molar-refractivity contribution is -0.144. The van der Waals surface area contributed by atoms with Gasteiger partial charge in [0.25, 0.3) is 0 Å². The van der Waals surface area contributed by atoms with Crippen molar-refractivity contribution in [2.45, 2.75) is 107 Å². The molecule has 0 heterocycles. The number of aliphatic carboxylic acids is 5. The van der Waals surface area contributed by atoms with Gasteiger partial charge in [-0.3, -0.25) is 81.4 Å². The second kappa shape index (κ2) is 36.5. The first-order valence-electron chi connectivity index (χ1n) is 25.2. The minimum atomic E-state index is -2.23. The monoisotopic (exact) mass is 1250 g/mol. The summed E-state index contributed by atoms with van der Waals surface area (Å²) in [6.07, 6.45) is -6.03. The molecule has 2 rings (SSSR count). The van der Waals surface area contributed by atoms with E-state index >= 15 is 0 Å². The van der Waals surface area contributed by atoms with Gasteiger partial charge in [-0.15, -0.1) is 32.5 Å². The number of hydrogen-bond donors (Lipinski definition) is 20. The Morgan fingerprint density at radius 1 is 0.400 bits per heavy atom. The first kappa shape index (κ1) is 72.1. The molecule has 8 atom stereocenters. The average Bonchev–Trinajstić information content (AvgIpc) is 3.63. The number of benzene rings is 2. The highest BCUT2D eigenvalue weighted by Gasteiger charge is 2.36. The molecule has 0 aliphatic carbocycles. The fraction of sp³-hybridized carbons (Fsp3) is 0.429. The molecule has 0 aromatic heterocycles. The van der Waals surface area contributed by atoms with E-state index in [1.807, 2.05) is 31.9 Å². The van der Waals surface area contributed by atoms with Gasteiger partial charge in [0.15, 0.2) is 0 Å². The number of carbonyl (C=O) groups excluding carboxylic acids is 11. The maximum atomic E-state index is 14.2. The fourth-order valence-corrected chi connectivity index (χ4v) is 8.69. The molecule has 0 radical (unpaired) electrons. The van der Waals surface area contributed by atoms with Crippen LogP contribution in [-0.4, -0.2) is 188 Å². The zero-order valence-corrected chi connectivity index (χ0v) is 47.9. The van der Waals surface area contributed by atoms with E-state index in [9.17, 15) is 97.1 Å². The molecule has 85 heavy (non-hydrogen) atoms. The van der Waals surface area contributed by atoms with Crippen molar-refractivity contribution in [3.05, 3.63) is 71.8 Å². The number of hydrogen-bond acceptors (Lipinski definition) is 19. The number of thiol groups is 3. The quantitative estimate of drug-likeness (QED) is 0.0220. The third-order valence-corrected chi connectivity index (χ3v) is 12.7. The largest absolute Gasteiger partial charge is 0.481 e. The van der Waals surface area contributed by atoms with Gasteiger partial charge in [-0.05, 0) is 17.0 Å². The molecule has 0 saturated heterocycles. The van der Waals surface area contributed by atoms with E-state index in [1.165, 1.54) is 0 Å². The van der Waals surface area contributed by atoms with Gasteiger partial charge in [-0.1, -0.05) is 74.5 Å². The number of amides is 11. The molecular weight excluding hydrogens is 1190 g/mol. The lowest BCUT2D eigenvalue weighted by Crippen LogP contribution is -2.61. The second-order valence-corrected chi connectivity index (χ2v) is 22.9. The topological polar surface area (TPSA) is 533 Å². The predicted molar refractivity (Wildman–Crippen MR) is 302 cm³/mol. The summed E-state index contributed by atoms with van der Waals surface area (Å²) in [7, 11) is -1.65.